The fourth-order valence-electron chi connectivity index (χ4n) is 3.21. The topological polar surface area (TPSA) is 92.0 Å². The summed E-state index contributed by atoms with van der Waals surface area (Å²) in [6.45, 7) is 7.40. The maximum Gasteiger partial charge on any atom is 0.346 e. The molecule has 35 heavy (non-hydrogen) atoms. The Labute approximate surface area is 224 Å². The van der Waals surface area contributed by atoms with E-state index in [0.29, 0.717) is 26.8 Å². The molecule has 8 nitrogen and oxygen atoms in total. The second kappa shape index (κ2) is 10.7. The Balaban J connectivity index is 2.15. The van der Waals surface area contributed by atoms with Gasteiger partial charge in [-0.25, -0.2) is 9.78 Å². The van der Waals surface area contributed by atoms with E-state index in [1.54, 1.807) is 18.2 Å². The van der Waals surface area contributed by atoms with Gasteiger partial charge in [-0.1, -0.05) is 48.3 Å². The largest absolute Gasteiger partial charge is 0.493 e. The third kappa shape index (κ3) is 5.70. The van der Waals surface area contributed by atoms with Gasteiger partial charge >= 0.3 is 5.97 Å². The van der Waals surface area contributed by atoms with Crippen LogP contribution in [0, 0.1) is 0 Å². The first-order valence-corrected chi connectivity index (χ1v) is 12.4. The number of halogens is 3. The van der Waals surface area contributed by atoms with Crippen molar-refractivity contribution in [3.05, 3.63) is 60.0 Å². The van der Waals surface area contributed by atoms with E-state index >= 15 is 0 Å². The number of rotatable bonds is 6. The molecule has 186 valence electrons. The van der Waals surface area contributed by atoms with E-state index in [4.69, 9.17) is 30.8 Å². The van der Waals surface area contributed by atoms with Crippen LogP contribution in [0.15, 0.2) is 43.1 Å². The predicted molar refractivity (Wildman–Crippen MR) is 143 cm³/mol. The first-order chi connectivity index (χ1) is 16.4. The Morgan fingerprint density at radius 3 is 2.51 bits per heavy atom. The monoisotopic (exact) mass is 627 g/mol. The smallest absolute Gasteiger partial charge is 0.346 e. The number of fused-ring (bicyclic) bond motifs is 1. The molecule has 0 saturated heterocycles. The van der Waals surface area contributed by atoms with Crippen LogP contribution >= 0.6 is 43.5 Å². The van der Waals surface area contributed by atoms with E-state index in [-0.39, 0.29) is 22.1 Å². The van der Waals surface area contributed by atoms with E-state index in [0.717, 1.165) is 4.47 Å². The van der Waals surface area contributed by atoms with Crippen molar-refractivity contribution in [2.24, 2.45) is 5.10 Å². The number of esters is 1. The number of carbonyl (C=O) groups is 1. The SMILES string of the molecule is COC(=O)[C@@H](C)Oc1c(OC)cc(C=Nn2c(C(C)(C)C)nc3ccc(Br)cc3c2=O)c(Br)c1Cl. The van der Waals surface area contributed by atoms with E-state index < -0.39 is 17.5 Å². The summed E-state index contributed by atoms with van der Waals surface area (Å²) in [7, 11) is 2.72. The van der Waals surface area contributed by atoms with E-state index in [2.05, 4.69) is 37.0 Å². The van der Waals surface area contributed by atoms with Gasteiger partial charge in [-0.05, 0) is 47.1 Å². The van der Waals surface area contributed by atoms with Crippen LogP contribution in [0.25, 0.3) is 10.9 Å². The van der Waals surface area contributed by atoms with Gasteiger partial charge in [0.25, 0.3) is 5.56 Å². The van der Waals surface area contributed by atoms with Gasteiger partial charge in [0.05, 0.1) is 31.3 Å². The molecule has 0 spiro atoms. The molecule has 1 aromatic heterocycles. The minimum atomic E-state index is -0.909. The lowest BCUT2D eigenvalue weighted by molar-refractivity contribution is -0.147. The molecule has 0 fully saturated rings. The molecule has 0 N–H and O–H groups in total. The van der Waals surface area contributed by atoms with Gasteiger partial charge in [0, 0.05) is 19.9 Å². The van der Waals surface area contributed by atoms with Gasteiger partial charge in [0.1, 0.15) is 10.8 Å². The molecule has 0 unspecified atom stereocenters. The third-order valence-corrected chi connectivity index (χ3v) is 6.93. The molecule has 0 radical (unpaired) electrons. The first-order valence-electron chi connectivity index (χ1n) is 10.5. The van der Waals surface area contributed by atoms with Gasteiger partial charge in [-0.15, -0.1) is 0 Å². The van der Waals surface area contributed by atoms with Crippen molar-refractivity contribution in [2.45, 2.75) is 39.2 Å². The molecule has 0 aliphatic carbocycles. The summed E-state index contributed by atoms with van der Waals surface area (Å²) in [4.78, 5) is 29.9. The zero-order valence-corrected chi connectivity index (χ0v) is 23.9. The highest BCUT2D eigenvalue weighted by Crippen LogP contribution is 2.42. The molecule has 0 saturated carbocycles. The van der Waals surface area contributed by atoms with Crippen molar-refractivity contribution in [2.75, 3.05) is 14.2 Å². The average molecular weight is 630 g/mol. The molecule has 3 aromatic rings. The molecule has 0 amide bonds. The fourth-order valence-corrected chi connectivity index (χ4v) is 4.22. The molecule has 0 aliphatic rings. The molecule has 1 atom stereocenters. The summed E-state index contributed by atoms with van der Waals surface area (Å²) in [5.74, 6) is 0.379. The van der Waals surface area contributed by atoms with Crippen LogP contribution in [0.4, 0.5) is 0 Å². The van der Waals surface area contributed by atoms with Gasteiger partial charge in [-0.2, -0.15) is 9.78 Å². The number of benzene rings is 2. The highest BCUT2D eigenvalue weighted by Gasteiger charge is 2.24. The molecule has 11 heteroatoms. The van der Waals surface area contributed by atoms with Crippen molar-refractivity contribution in [3.8, 4) is 11.5 Å². The Kier molecular flexibility index (Phi) is 8.28. The molecule has 1 heterocycles. The number of hydrogen-bond acceptors (Lipinski definition) is 7. The lowest BCUT2D eigenvalue weighted by atomic mass is 9.95. The van der Waals surface area contributed by atoms with Crippen LogP contribution in [0.2, 0.25) is 5.02 Å². The minimum Gasteiger partial charge on any atom is -0.493 e. The highest BCUT2D eigenvalue weighted by atomic mass is 79.9. The minimum absolute atomic E-state index is 0.167. The predicted octanol–water partition coefficient (Wildman–Crippen LogP) is 5.70. The summed E-state index contributed by atoms with van der Waals surface area (Å²) in [5.41, 5.74) is 0.331. The summed E-state index contributed by atoms with van der Waals surface area (Å²) >= 11 is 13.4. The summed E-state index contributed by atoms with van der Waals surface area (Å²) in [6.07, 6.45) is 0.572. The van der Waals surface area contributed by atoms with Crippen LogP contribution in [0.1, 0.15) is 39.1 Å². The zero-order chi connectivity index (χ0) is 26.1. The van der Waals surface area contributed by atoms with E-state index in [1.165, 1.54) is 32.0 Å². The van der Waals surface area contributed by atoms with Crippen molar-refractivity contribution in [3.63, 3.8) is 0 Å². The highest BCUT2D eigenvalue weighted by molar-refractivity contribution is 9.10. The second-order valence-corrected chi connectivity index (χ2v) is 10.7. The Morgan fingerprint density at radius 2 is 1.91 bits per heavy atom. The Hall–Kier alpha value is -2.43. The maximum absolute atomic E-state index is 13.4. The van der Waals surface area contributed by atoms with Gasteiger partial charge in [-0.3, -0.25) is 4.79 Å². The quantitative estimate of drug-likeness (QED) is 0.257. The van der Waals surface area contributed by atoms with Gasteiger partial charge in [0.2, 0.25) is 0 Å². The molecule has 3 rings (SSSR count). The van der Waals surface area contributed by atoms with Crippen LogP contribution in [-0.4, -0.2) is 42.2 Å². The number of nitrogens with zero attached hydrogens (tertiary/aromatic N) is 3. The van der Waals surface area contributed by atoms with Crippen LogP contribution in [-0.2, 0) is 14.9 Å². The number of methoxy groups -OCH3 is 2. The standard InChI is InChI=1S/C24H24Br2ClN3O5/c1-12(22(32)34-6)35-20-17(33-5)9-13(18(26)19(20)27)11-28-30-21(31)15-10-14(25)7-8-16(15)29-23(30)24(2,3)4/h7-12H,1-6H3/t12-/m1/s1. The second-order valence-electron chi connectivity index (χ2n) is 8.62. The first kappa shape index (κ1) is 27.2. The zero-order valence-electron chi connectivity index (χ0n) is 20.0. The van der Waals surface area contributed by atoms with Crippen LogP contribution in [0.3, 0.4) is 0 Å². The molecule has 0 aliphatic heterocycles. The Morgan fingerprint density at radius 1 is 1.23 bits per heavy atom. The van der Waals surface area contributed by atoms with Crippen molar-refractivity contribution < 1.29 is 19.0 Å². The lowest BCUT2D eigenvalue weighted by Crippen LogP contribution is -2.29. The van der Waals surface area contributed by atoms with Crippen molar-refractivity contribution in [1.82, 2.24) is 9.66 Å². The molecular formula is C24H24Br2ClN3O5. The summed E-state index contributed by atoms with van der Waals surface area (Å²) in [6, 6.07) is 6.98. The van der Waals surface area contributed by atoms with Crippen LogP contribution < -0.4 is 15.0 Å². The number of hydrogen-bond donors (Lipinski definition) is 0. The van der Waals surface area contributed by atoms with E-state index in [9.17, 15) is 9.59 Å². The normalized spacial score (nSPS) is 12.7. The summed E-state index contributed by atoms with van der Waals surface area (Å²) in [5, 5.41) is 5.08. The van der Waals surface area contributed by atoms with Crippen molar-refractivity contribution in [1.29, 1.82) is 0 Å². The van der Waals surface area contributed by atoms with Crippen LogP contribution in [0.5, 0.6) is 11.5 Å². The average Bonchev–Trinajstić information content (AvgIpc) is 2.81. The fraction of sp³-hybridized carbons (Fsp3) is 0.333. The number of carbonyl (C=O) groups excluding carboxylic acids is 1. The van der Waals surface area contributed by atoms with E-state index in [1.807, 2.05) is 26.8 Å². The number of ether oxygens (including phenoxy) is 3. The van der Waals surface area contributed by atoms with Gasteiger partial charge < -0.3 is 14.2 Å². The number of aromatic nitrogens is 2. The molecule has 2 aromatic carbocycles. The Bertz CT molecular complexity index is 1380. The van der Waals surface area contributed by atoms with Gasteiger partial charge in [0.15, 0.2) is 17.6 Å². The maximum atomic E-state index is 13.4. The molecular weight excluding hydrogens is 606 g/mol. The third-order valence-electron chi connectivity index (χ3n) is 5.00. The lowest BCUT2D eigenvalue weighted by Gasteiger charge is -2.21. The summed E-state index contributed by atoms with van der Waals surface area (Å²) < 4.78 is 18.3. The van der Waals surface area contributed by atoms with Crippen molar-refractivity contribution >= 4 is 66.5 Å². The molecule has 0 bridgehead atoms.